The molecule has 0 saturated heterocycles. The van der Waals surface area contributed by atoms with E-state index in [1.54, 1.807) is 13.1 Å². The highest BCUT2D eigenvalue weighted by Gasteiger charge is 2.27. The van der Waals surface area contributed by atoms with Gasteiger partial charge in [0.2, 0.25) is 0 Å². The van der Waals surface area contributed by atoms with Crippen molar-refractivity contribution < 1.29 is 9.53 Å². The first-order valence-corrected chi connectivity index (χ1v) is 5.90. The summed E-state index contributed by atoms with van der Waals surface area (Å²) in [5.74, 6) is -0.412. The van der Waals surface area contributed by atoms with Gasteiger partial charge < -0.3 is 10.5 Å². The van der Waals surface area contributed by atoms with Crippen molar-refractivity contribution in [2.24, 2.45) is 5.73 Å². The molecule has 1 heterocycles. The van der Waals surface area contributed by atoms with Gasteiger partial charge in [-0.25, -0.2) is 9.78 Å². The summed E-state index contributed by atoms with van der Waals surface area (Å²) < 4.78 is 4.81. The summed E-state index contributed by atoms with van der Waals surface area (Å²) in [6.45, 7) is 5.96. The van der Waals surface area contributed by atoms with Crippen LogP contribution in [-0.4, -0.2) is 17.6 Å². The lowest BCUT2D eigenvalue weighted by molar-refractivity contribution is -0.137. The molecule has 1 aromatic heterocycles. The van der Waals surface area contributed by atoms with E-state index in [2.05, 4.69) is 4.98 Å². The van der Waals surface area contributed by atoms with Crippen molar-refractivity contribution in [2.75, 3.05) is 6.61 Å². The van der Waals surface area contributed by atoms with Crippen LogP contribution >= 0.6 is 11.3 Å². The number of thiazole rings is 1. The van der Waals surface area contributed by atoms with Gasteiger partial charge in [0.05, 0.1) is 12.0 Å². The minimum absolute atomic E-state index is 0.348. The molecule has 0 aromatic carbocycles. The lowest BCUT2D eigenvalue weighted by Gasteiger charge is -2.22. The zero-order valence-electron chi connectivity index (χ0n) is 9.69. The first kappa shape index (κ1) is 12.7. The van der Waals surface area contributed by atoms with E-state index in [0.29, 0.717) is 12.3 Å². The van der Waals surface area contributed by atoms with Gasteiger partial charge in [0.25, 0.3) is 0 Å². The molecule has 0 spiro atoms. The molecule has 0 unspecified atom stereocenters. The Balaban J connectivity index is 2.87. The number of rotatable bonds is 4. The van der Waals surface area contributed by atoms with Crippen LogP contribution in [0.3, 0.4) is 0 Å². The number of carbonyl (C=O) groups is 1. The number of hydrogen-bond donors (Lipinski definition) is 1. The Hall–Kier alpha value is -1.36. The third-order valence-electron chi connectivity index (χ3n) is 2.25. The SMILES string of the molecule is CCOC(=O)/C=C(\N)C(C)(C)c1nccs1. The third kappa shape index (κ3) is 2.82. The van der Waals surface area contributed by atoms with Crippen LogP contribution in [0.1, 0.15) is 25.8 Å². The minimum atomic E-state index is -0.444. The number of ether oxygens (including phenoxy) is 1. The topological polar surface area (TPSA) is 65.2 Å². The number of allylic oxidation sites excluding steroid dienone is 1. The summed E-state index contributed by atoms with van der Waals surface area (Å²) in [6, 6.07) is 0. The fourth-order valence-corrected chi connectivity index (χ4v) is 1.93. The van der Waals surface area contributed by atoms with Gasteiger partial charge in [-0.1, -0.05) is 0 Å². The molecule has 1 aromatic rings. The molecule has 2 N–H and O–H groups in total. The summed E-state index contributed by atoms with van der Waals surface area (Å²) in [5.41, 5.74) is 5.92. The van der Waals surface area contributed by atoms with Crippen LogP contribution in [0.25, 0.3) is 0 Å². The molecule has 1 rings (SSSR count). The van der Waals surface area contributed by atoms with Crippen molar-refractivity contribution in [1.29, 1.82) is 0 Å². The molecular formula is C11H16N2O2S. The van der Waals surface area contributed by atoms with Crippen molar-refractivity contribution in [2.45, 2.75) is 26.2 Å². The Kier molecular flexibility index (Phi) is 4.06. The standard InChI is InChI=1S/C11H16N2O2S/c1-4-15-9(14)7-8(12)11(2,3)10-13-5-6-16-10/h5-7H,4,12H2,1-3H3/b8-7-. The lowest BCUT2D eigenvalue weighted by atomic mass is 9.90. The Morgan fingerprint density at radius 2 is 2.38 bits per heavy atom. The molecule has 0 aliphatic heterocycles. The molecule has 0 fully saturated rings. The maximum absolute atomic E-state index is 11.3. The van der Waals surface area contributed by atoms with E-state index < -0.39 is 11.4 Å². The second-order valence-corrected chi connectivity index (χ2v) is 4.71. The van der Waals surface area contributed by atoms with E-state index in [4.69, 9.17) is 10.5 Å². The van der Waals surface area contributed by atoms with Crippen LogP contribution in [0, 0.1) is 0 Å². The molecular weight excluding hydrogens is 224 g/mol. The Morgan fingerprint density at radius 1 is 1.69 bits per heavy atom. The molecule has 16 heavy (non-hydrogen) atoms. The lowest BCUT2D eigenvalue weighted by Crippen LogP contribution is -2.26. The molecule has 5 heteroatoms. The fourth-order valence-electron chi connectivity index (χ4n) is 1.15. The number of carbonyl (C=O) groups excluding carboxylic acids is 1. The monoisotopic (exact) mass is 240 g/mol. The molecule has 0 radical (unpaired) electrons. The summed E-state index contributed by atoms with van der Waals surface area (Å²) in [6.07, 6.45) is 3.05. The zero-order chi connectivity index (χ0) is 12.2. The first-order chi connectivity index (χ1) is 7.48. The van der Waals surface area contributed by atoms with E-state index in [1.807, 2.05) is 19.2 Å². The van der Waals surface area contributed by atoms with E-state index in [-0.39, 0.29) is 0 Å². The van der Waals surface area contributed by atoms with Gasteiger partial charge in [0.1, 0.15) is 5.01 Å². The van der Waals surface area contributed by atoms with Crippen molar-refractivity contribution in [3.05, 3.63) is 28.4 Å². The van der Waals surface area contributed by atoms with Crippen LogP contribution < -0.4 is 5.73 Å². The average molecular weight is 240 g/mol. The highest BCUT2D eigenvalue weighted by atomic mass is 32.1. The van der Waals surface area contributed by atoms with Gasteiger partial charge >= 0.3 is 5.97 Å². The van der Waals surface area contributed by atoms with Gasteiger partial charge in [0.15, 0.2) is 0 Å². The van der Waals surface area contributed by atoms with Gasteiger partial charge in [-0.15, -0.1) is 11.3 Å². The third-order valence-corrected chi connectivity index (χ3v) is 3.35. The molecule has 0 amide bonds. The number of nitrogens with zero attached hydrogens (tertiary/aromatic N) is 1. The Morgan fingerprint density at radius 3 is 2.88 bits per heavy atom. The Bertz CT molecular complexity index is 383. The van der Waals surface area contributed by atoms with Crippen LogP contribution in [-0.2, 0) is 14.9 Å². The minimum Gasteiger partial charge on any atom is -0.463 e. The summed E-state index contributed by atoms with van der Waals surface area (Å²) in [7, 11) is 0. The summed E-state index contributed by atoms with van der Waals surface area (Å²) in [5, 5.41) is 2.76. The predicted octanol–water partition coefficient (Wildman–Crippen LogP) is 1.83. The highest BCUT2D eigenvalue weighted by Crippen LogP contribution is 2.29. The van der Waals surface area contributed by atoms with Crippen molar-refractivity contribution in [3.8, 4) is 0 Å². The number of esters is 1. The summed E-state index contributed by atoms with van der Waals surface area (Å²) >= 11 is 1.51. The van der Waals surface area contributed by atoms with Gasteiger partial charge in [-0.2, -0.15) is 0 Å². The summed E-state index contributed by atoms with van der Waals surface area (Å²) in [4.78, 5) is 15.5. The van der Waals surface area contributed by atoms with E-state index >= 15 is 0 Å². The number of nitrogens with two attached hydrogens (primary N) is 1. The Labute approximate surface area is 99.1 Å². The van der Waals surface area contributed by atoms with E-state index in [1.165, 1.54) is 17.4 Å². The molecule has 0 aliphatic rings. The van der Waals surface area contributed by atoms with E-state index in [9.17, 15) is 4.79 Å². The molecule has 0 bridgehead atoms. The predicted molar refractivity (Wildman–Crippen MR) is 64.0 cm³/mol. The normalized spacial score (nSPS) is 12.6. The molecule has 0 aliphatic carbocycles. The number of hydrogen-bond acceptors (Lipinski definition) is 5. The maximum Gasteiger partial charge on any atom is 0.332 e. The van der Waals surface area contributed by atoms with Gasteiger partial charge in [-0.3, -0.25) is 0 Å². The van der Waals surface area contributed by atoms with E-state index in [0.717, 1.165) is 5.01 Å². The quantitative estimate of drug-likeness (QED) is 0.644. The average Bonchev–Trinajstić information content (AvgIpc) is 2.70. The van der Waals surface area contributed by atoms with Crippen LogP contribution in [0.5, 0.6) is 0 Å². The van der Waals surface area contributed by atoms with Gasteiger partial charge in [-0.05, 0) is 20.8 Å². The second-order valence-electron chi connectivity index (χ2n) is 3.81. The zero-order valence-corrected chi connectivity index (χ0v) is 10.5. The fraction of sp³-hybridized carbons (Fsp3) is 0.455. The maximum atomic E-state index is 11.3. The first-order valence-electron chi connectivity index (χ1n) is 5.03. The van der Waals surface area contributed by atoms with Crippen molar-refractivity contribution >= 4 is 17.3 Å². The second kappa shape index (κ2) is 5.12. The van der Waals surface area contributed by atoms with Gasteiger partial charge in [0, 0.05) is 23.3 Å². The largest absolute Gasteiger partial charge is 0.463 e. The highest BCUT2D eigenvalue weighted by molar-refractivity contribution is 7.09. The van der Waals surface area contributed by atoms with Crippen LogP contribution in [0.2, 0.25) is 0 Å². The van der Waals surface area contributed by atoms with Crippen molar-refractivity contribution in [3.63, 3.8) is 0 Å². The molecule has 88 valence electrons. The number of aromatic nitrogens is 1. The van der Waals surface area contributed by atoms with Crippen molar-refractivity contribution in [1.82, 2.24) is 4.98 Å². The smallest absolute Gasteiger partial charge is 0.332 e. The van der Waals surface area contributed by atoms with Crippen LogP contribution in [0.15, 0.2) is 23.3 Å². The molecule has 0 atom stereocenters. The molecule has 4 nitrogen and oxygen atoms in total. The van der Waals surface area contributed by atoms with Crippen LogP contribution in [0.4, 0.5) is 0 Å². The molecule has 0 saturated carbocycles.